The van der Waals surface area contributed by atoms with Gasteiger partial charge in [-0.2, -0.15) is 9.78 Å². The van der Waals surface area contributed by atoms with Crippen molar-refractivity contribution in [3.05, 3.63) is 66.0 Å². The summed E-state index contributed by atoms with van der Waals surface area (Å²) in [5.74, 6) is 0.533. The summed E-state index contributed by atoms with van der Waals surface area (Å²) in [6.07, 6.45) is 6.77. The molecule has 1 saturated carbocycles. The standard InChI is InChI=1S/C23H21Br2ClN4O3/c24-15-6-7-19-17(9-15)23(32)30(22(29-19)13-4-2-1-3-5-13)28-11-14-8-16(26)10-18(25)21(14)33-12-20(27)31/h6-11,13H,1-5,12H2,(H2,27,31). The summed E-state index contributed by atoms with van der Waals surface area (Å²) in [5, 5.41) is 5.44. The first-order valence-electron chi connectivity index (χ1n) is 10.5. The molecule has 2 aromatic carbocycles. The minimum Gasteiger partial charge on any atom is -0.482 e. The molecule has 1 aliphatic rings. The minimum atomic E-state index is -0.611. The molecule has 0 spiro atoms. The first kappa shape index (κ1) is 23.9. The number of nitrogens with zero attached hydrogens (tertiary/aromatic N) is 3. The molecule has 10 heteroatoms. The van der Waals surface area contributed by atoms with Crippen molar-refractivity contribution in [2.24, 2.45) is 10.8 Å². The predicted molar refractivity (Wildman–Crippen MR) is 136 cm³/mol. The molecular formula is C23H21Br2ClN4O3. The van der Waals surface area contributed by atoms with Crippen LogP contribution >= 0.6 is 43.5 Å². The molecule has 1 aliphatic carbocycles. The number of carbonyl (C=O) groups is 1. The van der Waals surface area contributed by atoms with Gasteiger partial charge in [-0.1, -0.05) is 46.8 Å². The lowest BCUT2D eigenvalue weighted by molar-refractivity contribution is -0.119. The molecule has 0 atom stereocenters. The smallest absolute Gasteiger partial charge is 0.282 e. The molecule has 7 nitrogen and oxygen atoms in total. The van der Waals surface area contributed by atoms with E-state index >= 15 is 0 Å². The fraction of sp³-hybridized carbons (Fsp3) is 0.304. The van der Waals surface area contributed by atoms with E-state index in [0.29, 0.717) is 37.5 Å². The molecule has 3 aromatic rings. The Morgan fingerprint density at radius 2 is 2.00 bits per heavy atom. The third-order valence-corrected chi connectivity index (χ3v) is 6.81. The summed E-state index contributed by atoms with van der Waals surface area (Å²) in [6, 6.07) is 8.75. The molecule has 0 saturated heterocycles. The average Bonchev–Trinajstić information content (AvgIpc) is 2.78. The number of rotatable bonds is 6. The zero-order chi connectivity index (χ0) is 23.5. The number of amides is 1. The van der Waals surface area contributed by atoms with Crippen molar-refractivity contribution in [1.82, 2.24) is 9.66 Å². The number of hydrogen-bond donors (Lipinski definition) is 1. The van der Waals surface area contributed by atoms with E-state index in [9.17, 15) is 9.59 Å². The van der Waals surface area contributed by atoms with Crippen molar-refractivity contribution in [3.8, 4) is 5.75 Å². The van der Waals surface area contributed by atoms with Crippen LogP contribution in [0, 0.1) is 0 Å². The number of nitrogens with two attached hydrogens (primary N) is 1. The Balaban J connectivity index is 1.85. The molecule has 0 aliphatic heterocycles. The number of primary amides is 1. The molecule has 1 amide bonds. The van der Waals surface area contributed by atoms with Gasteiger partial charge in [0.05, 0.1) is 21.6 Å². The lowest BCUT2D eigenvalue weighted by Gasteiger charge is -2.22. The highest BCUT2D eigenvalue weighted by molar-refractivity contribution is 9.10. The van der Waals surface area contributed by atoms with Crippen LogP contribution in [0.3, 0.4) is 0 Å². The van der Waals surface area contributed by atoms with Gasteiger partial charge >= 0.3 is 0 Å². The second-order valence-corrected chi connectivity index (χ2v) is 10.1. The first-order valence-corrected chi connectivity index (χ1v) is 12.5. The van der Waals surface area contributed by atoms with Gasteiger partial charge in [-0.25, -0.2) is 4.98 Å². The van der Waals surface area contributed by atoms with Crippen molar-refractivity contribution in [3.63, 3.8) is 0 Å². The van der Waals surface area contributed by atoms with Crippen molar-refractivity contribution in [2.45, 2.75) is 38.0 Å². The molecule has 0 bridgehead atoms. The topological polar surface area (TPSA) is 99.6 Å². The highest BCUT2D eigenvalue weighted by atomic mass is 79.9. The number of benzene rings is 2. The summed E-state index contributed by atoms with van der Waals surface area (Å²) in [7, 11) is 0. The highest BCUT2D eigenvalue weighted by Gasteiger charge is 2.22. The summed E-state index contributed by atoms with van der Waals surface area (Å²) in [5.41, 5.74) is 6.11. The Labute approximate surface area is 212 Å². The van der Waals surface area contributed by atoms with Gasteiger partial charge in [0.2, 0.25) is 0 Å². The maximum Gasteiger partial charge on any atom is 0.282 e. The Morgan fingerprint density at radius 1 is 1.24 bits per heavy atom. The third kappa shape index (κ3) is 5.47. The van der Waals surface area contributed by atoms with Crippen LogP contribution in [0.25, 0.3) is 10.9 Å². The molecule has 0 unspecified atom stereocenters. The number of fused-ring (bicyclic) bond motifs is 1. The van der Waals surface area contributed by atoms with Crippen LogP contribution in [-0.2, 0) is 4.79 Å². The van der Waals surface area contributed by atoms with Crippen molar-refractivity contribution >= 4 is 66.5 Å². The fourth-order valence-electron chi connectivity index (χ4n) is 3.99. The maximum atomic E-state index is 13.5. The van der Waals surface area contributed by atoms with E-state index < -0.39 is 5.91 Å². The second kappa shape index (κ2) is 10.4. The van der Waals surface area contributed by atoms with Crippen molar-refractivity contribution in [1.29, 1.82) is 0 Å². The first-order chi connectivity index (χ1) is 15.8. The highest BCUT2D eigenvalue weighted by Crippen LogP contribution is 2.33. The molecule has 1 heterocycles. The lowest BCUT2D eigenvalue weighted by Crippen LogP contribution is -2.25. The average molecular weight is 597 g/mol. The number of ether oxygens (including phenoxy) is 1. The molecule has 1 aromatic heterocycles. The summed E-state index contributed by atoms with van der Waals surface area (Å²) in [4.78, 5) is 29.5. The Morgan fingerprint density at radius 3 is 2.73 bits per heavy atom. The SMILES string of the molecule is NC(=O)COc1c(Br)cc(Cl)cc1C=Nn1c(C2CCCCC2)nc2ccc(Br)cc2c1=O. The third-order valence-electron chi connectivity index (χ3n) is 5.51. The van der Waals surface area contributed by atoms with Crippen molar-refractivity contribution < 1.29 is 9.53 Å². The minimum absolute atomic E-state index is 0.147. The van der Waals surface area contributed by atoms with Crippen LogP contribution in [0.2, 0.25) is 5.02 Å². The Kier molecular flexibility index (Phi) is 7.51. The maximum absolute atomic E-state index is 13.5. The number of aromatic nitrogens is 2. The Bertz CT molecular complexity index is 1300. The van der Waals surface area contributed by atoms with Crippen LogP contribution in [-0.4, -0.2) is 28.4 Å². The fourth-order valence-corrected chi connectivity index (χ4v) is 5.30. The van der Waals surface area contributed by atoms with Crippen LogP contribution in [0.5, 0.6) is 5.75 Å². The molecule has 33 heavy (non-hydrogen) atoms. The molecule has 1 fully saturated rings. The van der Waals surface area contributed by atoms with E-state index in [0.717, 1.165) is 30.2 Å². The van der Waals surface area contributed by atoms with E-state index in [-0.39, 0.29) is 18.1 Å². The number of hydrogen-bond acceptors (Lipinski definition) is 5. The van der Waals surface area contributed by atoms with Gasteiger partial charge in [0.1, 0.15) is 11.6 Å². The van der Waals surface area contributed by atoms with Crippen LogP contribution in [0.1, 0.15) is 49.4 Å². The Hall–Kier alpha value is -2.23. The zero-order valence-corrected chi connectivity index (χ0v) is 21.5. The van der Waals surface area contributed by atoms with E-state index in [1.807, 2.05) is 12.1 Å². The van der Waals surface area contributed by atoms with Gasteiger partial charge in [-0.15, -0.1) is 0 Å². The monoisotopic (exact) mass is 594 g/mol. The molecule has 4 rings (SSSR count). The normalized spacial score (nSPS) is 14.8. The summed E-state index contributed by atoms with van der Waals surface area (Å²) >= 11 is 13.0. The van der Waals surface area contributed by atoms with Gasteiger partial charge < -0.3 is 10.5 Å². The second-order valence-electron chi connectivity index (χ2n) is 7.89. The largest absolute Gasteiger partial charge is 0.482 e. The zero-order valence-electron chi connectivity index (χ0n) is 17.6. The van der Waals surface area contributed by atoms with Gasteiger partial charge in [0, 0.05) is 21.0 Å². The van der Waals surface area contributed by atoms with Crippen LogP contribution in [0.4, 0.5) is 0 Å². The molecule has 2 N–H and O–H groups in total. The quantitative estimate of drug-likeness (QED) is 0.387. The van der Waals surface area contributed by atoms with Crippen molar-refractivity contribution in [2.75, 3.05) is 6.61 Å². The van der Waals surface area contributed by atoms with Gasteiger partial charge in [-0.05, 0) is 59.1 Å². The van der Waals surface area contributed by atoms with Gasteiger partial charge in [0.25, 0.3) is 11.5 Å². The van der Waals surface area contributed by atoms with Crippen LogP contribution < -0.4 is 16.0 Å². The van der Waals surface area contributed by atoms with E-state index in [4.69, 9.17) is 27.1 Å². The molecule has 172 valence electrons. The van der Waals surface area contributed by atoms with E-state index in [1.165, 1.54) is 17.3 Å². The van der Waals surface area contributed by atoms with E-state index in [1.54, 1.807) is 18.2 Å². The van der Waals surface area contributed by atoms with Crippen LogP contribution in [0.15, 0.2) is 49.2 Å². The summed E-state index contributed by atoms with van der Waals surface area (Å²) < 4.78 is 8.26. The van der Waals surface area contributed by atoms with Gasteiger partial charge in [-0.3, -0.25) is 9.59 Å². The molecule has 0 radical (unpaired) electrons. The lowest BCUT2D eigenvalue weighted by atomic mass is 9.88. The molecular weight excluding hydrogens is 576 g/mol. The van der Waals surface area contributed by atoms with Gasteiger partial charge in [0.15, 0.2) is 6.61 Å². The summed E-state index contributed by atoms with van der Waals surface area (Å²) in [6.45, 7) is -0.306. The van der Waals surface area contributed by atoms with E-state index in [2.05, 4.69) is 37.0 Å². The predicted octanol–water partition coefficient (Wildman–Crippen LogP) is 5.37. The number of halogens is 3. The number of carbonyl (C=O) groups excluding carboxylic acids is 1.